The minimum Gasteiger partial charge on any atom is -0.387 e. The molecule has 6 N–H and O–H groups in total. The fourth-order valence-electron chi connectivity index (χ4n) is 4.53. The molecule has 0 aromatic rings. The molecule has 0 saturated heterocycles. The van der Waals surface area contributed by atoms with E-state index in [1.165, 1.54) is 0 Å². The molecule has 0 radical (unpaired) electrons. The molecule has 6 nitrogen and oxygen atoms in total. The topological polar surface area (TPSA) is 121 Å². The largest absolute Gasteiger partial charge is 0.387 e. The van der Waals surface area contributed by atoms with E-state index in [9.17, 15) is 30.6 Å². The maximum Gasteiger partial charge on any atom is 0.124 e. The van der Waals surface area contributed by atoms with Gasteiger partial charge in [-0.25, -0.2) is 0 Å². The van der Waals surface area contributed by atoms with Crippen LogP contribution in [-0.2, 0) is 0 Å². The zero-order valence-electron chi connectivity index (χ0n) is 17.9. The molecule has 6 heteroatoms. The van der Waals surface area contributed by atoms with Gasteiger partial charge in [-0.05, 0) is 12.8 Å². The van der Waals surface area contributed by atoms with E-state index < -0.39 is 35.6 Å². The van der Waals surface area contributed by atoms with Crippen molar-refractivity contribution in [1.82, 2.24) is 0 Å². The fraction of sp³-hybridized carbons (Fsp3) is 1.00. The fourth-order valence-corrected chi connectivity index (χ4v) is 4.53. The van der Waals surface area contributed by atoms with E-state index in [4.69, 9.17) is 0 Å². The first-order chi connectivity index (χ1) is 13.3. The second-order valence-electron chi connectivity index (χ2n) is 8.75. The third-order valence-electron chi connectivity index (χ3n) is 6.55. The van der Waals surface area contributed by atoms with Gasteiger partial charge in [0.25, 0.3) is 0 Å². The highest BCUT2D eigenvalue weighted by Gasteiger charge is 2.65. The first-order valence-corrected chi connectivity index (χ1v) is 11.4. The van der Waals surface area contributed by atoms with Crippen LogP contribution in [0.5, 0.6) is 0 Å². The van der Waals surface area contributed by atoms with Crippen molar-refractivity contribution in [1.29, 1.82) is 0 Å². The van der Waals surface area contributed by atoms with Gasteiger partial charge in [0, 0.05) is 0 Å². The Bertz CT molecular complexity index is 382. The van der Waals surface area contributed by atoms with Crippen LogP contribution in [0.2, 0.25) is 0 Å². The Hall–Kier alpha value is -0.240. The molecule has 1 saturated carbocycles. The molecule has 0 spiro atoms. The summed E-state index contributed by atoms with van der Waals surface area (Å²) in [6, 6.07) is 0. The van der Waals surface area contributed by atoms with Gasteiger partial charge in [0.1, 0.15) is 35.6 Å². The van der Waals surface area contributed by atoms with Crippen molar-refractivity contribution in [3.05, 3.63) is 0 Å². The molecule has 0 aromatic heterocycles. The summed E-state index contributed by atoms with van der Waals surface area (Å²) < 4.78 is 0. The van der Waals surface area contributed by atoms with Gasteiger partial charge >= 0.3 is 0 Å². The molecule has 1 rings (SSSR count). The summed E-state index contributed by atoms with van der Waals surface area (Å²) in [6.45, 7) is 4.27. The minimum absolute atomic E-state index is 0.0769. The predicted octanol–water partition coefficient (Wildman–Crippen LogP) is 2.41. The van der Waals surface area contributed by atoms with Gasteiger partial charge in [-0.3, -0.25) is 0 Å². The Morgan fingerprint density at radius 1 is 0.500 bits per heavy atom. The van der Waals surface area contributed by atoms with Crippen LogP contribution in [0.1, 0.15) is 104 Å². The second-order valence-corrected chi connectivity index (χ2v) is 8.75. The average Bonchev–Trinajstić information content (AvgIpc) is 2.69. The average molecular weight is 405 g/mol. The summed E-state index contributed by atoms with van der Waals surface area (Å²) >= 11 is 0. The SMILES string of the molecule is CCCCCCCC[C@@]1(O)[C@@H](O)[C@H](O)[C@@H](O)[C@@H](O)[C@@]1(O)CCCCCCCC. The summed E-state index contributed by atoms with van der Waals surface area (Å²) in [5.74, 6) is 0. The van der Waals surface area contributed by atoms with Gasteiger partial charge < -0.3 is 30.6 Å². The van der Waals surface area contributed by atoms with Crippen molar-refractivity contribution < 1.29 is 30.6 Å². The first kappa shape index (κ1) is 25.8. The second kappa shape index (κ2) is 12.5. The predicted molar refractivity (Wildman–Crippen MR) is 110 cm³/mol. The van der Waals surface area contributed by atoms with Crippen LogP contribution in [0.25, 0.3) is 0 Å². The molecule has 168 valence electrons. The lowest BCUT2D eigenvalue weighted by molar-refractivity contribution is -0.317. The van der Waals surface area contributed by atoms with Crippen LogP contribution < -0.4 is 0 Å². The molecule has 0 aromatic carbocycles. The number of hydrogen-bond donors (Lipinski definition) is 6. The molecule has 6 atom stereocenters. The van der Waals surface area contributed by atoms with Crippen molar-refractivity contribution >= 4 is 0 Å². The smallest absolute Gasteiger partial charge is 0.124 e. The molecule has 0 heterocycles. The van der Waals surface area contributed by atoms with Crippen molar-refractivity contribution in [2.45, 2.75) is 139 Å². The highest BCUT2D eigenvalue weighted by molar-refractivity contribution is 5.16. The Kier molecular flexibility index (Phi) is 11.5. The van der Waals surface area contributed by atoms with E-state index in [0.717, 1.165) is 64.2 Å². The number of aliphatic hydroxyl groups excluding tert-OH is 4. The molecule has 28 heavy (non-hydrogen) atoms. The van der Waals surface area contributed by atoms with E-state index in [1.54, 1.807) is 0 Å². The number of aliphatic hydroxyl groups is 6. The maximum absolute atomic E-state index is 11.2. The van der Waals surface area contributed by atoms with Gasteiger partial charge in [0.15, 0.2) is 0 Å². The molecule has 0 unspecified atom stereocenters. The van der Waals surface area contributed by atoms with Gasteiger partial charge in [0.2, 0.25) is 0 Å². The Labute approximate surface area is 170 Å². The van der Waals surface area contributed by atoms with Crippen molar-refractivity contribution in [2.24, 2.45) is 0 Å². The highest BCUT2D eigenvalue weighted by atomic mass is 16.4. The third kappa shape index (κ3) is 6.13. The molecule has 1 aliphatic rings. The quantitative estimate of drug-likeness (QED) is 0.247. The summed E-state index contributed by atoms with van der Waals surface area (Å²) in [5, 5.41) is 63.7. The third-order valence-corrected chi connectivity index (χ3v) is 6.55. The number of unbranched alkanes of at least 4 members (excludes halogenated alkanes) is 10. The van der Waals surface area contributed by atoms with Gasteiger partial charge in [-0.1, -0.05) is 90.9 Å². The van der Waals surface area contributed by atoms with E-state index in [2.05, 4.69) is 13.8 Å². The lowest BCUT2D eigenvalue weighted by Crippen LogP contribution is -2.77. The summed E-state index contributed by atoms with van der Waals surface area (Å²) in [5.41, 5.74) is -4.08. The van der Waals surface area contributed by atoms with E-state index in [1.807, 2.05) is 0 Å². The van der Waals surface area contributed by atoms with Gasteiger partial charge in [-0.15, -0.1) is 0 Å². The number of hydrogen-bond acceptors (Lipinski definition) is 6. The first-order valence-electron chi connectivity index (χ1n) is 11.4. The van der Waals surface area contributed by atoms with E-state index in [0.29, 0.717) is 12.8 Å². The highest BCUT2D eigenvalue weighted by Crippen LogP contribution is 2.44. The standard InChI is InChI=1S/C22H44O6/c1-3-5-7-9-11-13-15-21(27)19(25)17(23)18(24)20(26)22(21,28)16-14-12-10-8-6-4-2/h17-20,23-28H,3-16H2,1-2H3/t17-,18-,19-,20+,21+,22-/m1/s1. The van der Waals surface area contributed by atoms with Crippen LogP contribution in [0.3, 0.4) is 0 Å². The molecule has 0 aliphatic heterocycles. The normalized spacial score (nSPS) is 36.0. The minimum atomic E-state index is -2.04. The van der Waals surface area contributed by atoms with Crippen LogP contribution >= 0.6 is 0 Å². The van der Waals surface area contributed by atoms with Gasteiger partial charge in [-0.2, -0.15) is 0 Å². The lowest BCUT2D eigenvalue weighted by atomic mass is 9.62. The van der Waals surface area contributed by atoms with E-state index in [-0.39, 0.29) is 12.8 Å². The molecule has 0 amide bonds. The monoisotopic (exact) mass is 404 g/mol. The Morgan fingerprint density at radius 3 is 1.11 bits per heavy atom. The van der Waals surface area contributed by atoms with E-state index >= 15 is 0 Å². The van der Waals surface area contributed by atoms with Crippen LogP contribution in [0.15, 0.2) is 0 Å². The summed E-state index contributed by atoms with van der Waals surface area (Å²) in [6.07, 6.45) is 4.99. The number of rotatable bonds is 14. The molecular weight excluding hydrogens is 360 g/mol. The summed E-state index contributed by atoms with van der Waals surface area (Å²) in [7, 11) is 0. The van der Waals surface area contributed by atoms with Crippen LogP contribution in [0, 0.1) is 0 Å². The maximum atomic E-state index is 11.2. The Morgan fingerprint density at radius 2 is 0.786 bits per heavy atom. The molecule has 1 aliphatic carbocycles. The molecular formula is C22H44O6. The van der Waals surface area contributed by atoms with Crippen molar-refractivity contribution in [3.8, 4) is 0 Å². The molecule has 0 bridgehead atoms. The zero-order chi connectivity index (χ0) is 21.2. The lowest BCUT2D eigenvalue weighted by Gasteiger charge is -2.55. The van der Waals surface area contributed by atoms with Crippen molar-refractivity contribution in [2.75, 3.05) is 0 Å². The van der Waals surface area contributed by atoms with Crippen LogP contribution in [0.4, 0.5) is 0 Å². The summed E-state index contributed by atoms with van der Waals surface area (Å²) in [4.78, 5) is 0. The molecule has 1 fully saturated rings. The van der Waals surface area contributed by atoms with Crippen LogP contribution in [-0.4, -0.2) is 66.3 Å². The zero-order valence-corrected chi connectivity index (χ0v) is 17.9. The Balaban J connectivity index is 2.76. The van der Waals surface area contributed by atoms with Crippen molar-refractivity contribution in [3.63, 3.8) is 0 Å². The van der Waals surface area contributed by atoms with Gasteiger partial charge in [0.05, 0.1) is 0 Å².